The lowest BCUT2D eigenvalue weighted by atomic mass is 9.99. The standard InChI is InChI=1S/C11H14N2O2.C10H10N2O3/c1-11(2,14)8-7-13-5-4-12-10(13)6-9(8)15-3;1-14-8-5-9-11-3-4-12(9)6-7(8)10(13)15-2/h4-7,14H,1-3H3;3-6H,1-2H3. The molecule has 0 amide bonds. The Morgan fingerprint density at radius 2 is 1.47 bits per heavy atom. The number of imidazole rings is 2. The molecule has 0 spiro atoms. The number of hydrogen-bond donors (Lipinski definition) is 1. The molecule has 1 N–H and O–H groups in total. The highest BCUT2D eigenvalue weighted by molar-refractivity contribution is 5.92. The summed E-state index contributed by atoms with van der Waals surface area (Å²) >= 11 is 0. The van der Waals surface area contributed by atoms with Crippen molar-refractivity contribution in [3.05, 3.63) is 60.4 Å². The van der Waals surface area contributed by atoms with Crippen molar-refractivity contribution in [2.45, 2.75) is 19.4 Å². The average molecular weight is 412 g/mol. The van der Waals surface area contributed by atoms with Crippen LogP contribution in [0.5, 0.6) is 11.5 Å². The molecule has 9 heteroatoms. The first-order valence-corrected chi connectivity index (χ1v) is 9.11. The number of ether oxygens (including phenoxy) is 3. The van der Waals surface area contributed by atoms with E-state index in [1.807, 2.05) is 22.9 Å². The summed E-state index contributed by atoms with van der Waals surface area (Å²) in [5, 5.41) is 9.98. The monoisotopic (exact) mass is 412 g/mol. The van der Waals surface area contributed by atoms with E-state index in [2.05, 4.69) is 14.7 Å². The van der Waals surface area contributed by atoms with Crippen molar-refractivity contribution in [3.8, 4) is 11.5 Å². The van der Waals surface area contributed by atoms with E-state index in [-0.39, 0.29) is 0 Å². The molecule has 0 saturated carbocycles. The van der Waals surface area contributed by atoms with Gasteiger partial charge in [0.2, 0.25) is 0 Å². The fraction of sp³-hybridized carbons (Fsp3) is 0.286. The Morgan fingerprint density at radius 3 is 1.97 bits per heavy atom. The smallest absolute Gasteiger partial charge is 0.343 e. The Balaban J connectivity index is 0.000000171. The maximum Gasteiger partial charge on any atom is 0.343 e. The Labute approximate surface area is 173 Å². The molecule has 0 aliphatic heterocycles. The van der Waals surface area contributed by atoms with Gasteiger partial charge >= 0.3 is 5.97 Å². The van der Waals surface area contributed by atoms with Crippen LogP contribution in [0.4, 0.5) is 0 Å². The first kappa shape index (κ1) is 21.1. The van der Waals surface area contributed by atoms with Crippen LogP contribution in [0.25, 0.3) is 11.3 Å². The van der Waals surface area contributed by atoms with Crippen LogP contribution < -0.4 is 9.47 Å². The predicted octanol–water partition coefficient (Wildman–Crippen LogP) is 2.70. The van der Waals surface area contributed by atoms with Crippen LogP contribution >= 0.6 is 0 Å². The van der Waals surface area contributed by atoms with Gasteiger partial charge in [-0.3, -0.25) is 0 Å². The van der Waals surface area contributed by atoms with E-state index < -0.39 is 11.6 Å². The number of carbonyl (C=O) groups is 1. The number of aromatic nitrogens is 4. The number of carbonyl (C=O) groups excluding carboxylic acids is 1. The first-order valence-electron chi connectivity index (χ1n) is 9.11. The minimum Gasteiger partial charge on any atom is -0.496 e. The second kappa shape index (κ2) is 8.42. The van der Waals surface area contributed by atoms with Gasteiger partial charge in [-0.25, -0.2) is 14.8 Å². The van der Waals surface area contributed by atoms with E-state index in [4.69, 9.17) is 9.47 Å². The Bertz CT molecular complexity index is 1170. The van der Waals surface area contributed by atoms with Gasteiger partial charge in [0.05, 0.1) is 26.9 Å². The zero-order chi connectivity index (χ0) is 21.9. The van der Waals surface area contributed by atoms with Crippen molar-refractivity contribution < 1.29 is 24.1 Å². The normalized spacial score (nSPS) is 11.1. The molecule has 158 valence electrons. The molecule has 0 aliphatic carbocycles. The molecular formula is C21H24N4O5. The van der Waals surface area contributed by atoms with Crippen molar-refractivity contribution in [1.82, 2.24) is 18.8 Å². The van der Waals surface area contributed by atoms with E-state index in [0.29, 0.717) is 17.1 Å². The minimum atomic E-state index is -0.927. The quantitative estimate of drug-likeness (QED) is 0.515. The maximum absolute atomic E-state index is 11.4. The number of hydrogen-bond acceptors (Lipinski definition) is 7. The van der Waals surface area contributed by atoms with Crippen LogP contribution in [-0.4, -0.2) is 51.2 Å². The topological polar surface area (TPSA) is 99.6 Å². The molecule has 0 aliphatic rings. The van der Waals surface area contributed by atoms with E-state index in [1.165, 1.54) is 14.2 Å². The molecule has 4 heterocycles. The van der Waals surface area contributed by atoms with Crippen molar-refractivity contribution in [1.29, 1.82) is 0 Å². The molecule has 0 atom stereocenters. The van der Waals surface area contributed by atoms with Gasteiger partial charge in [-0.05, 0) is 13.8 Å². The van der Waals surface area contributed by atoms with Gasteiger partial charge in [0.15, 0.2) is 0 Å². The molecule has 0 fully saturated rings. The maximum atomic E-state index is 11.4. The van der Waals surface area contributed by atoms with Crippen molar-refractivity contribution in [2.75, 3.05) is 21.3 Å². The molecule has 4 aromatic rings. The van der Waals surface area contributed by atoms with E-state index in [9.17, 15) is 9.90 Å². The summed E-state index contributed by atoms with van der Waals surface area (Å²) in [6, 6.07) is 3.50. The van der Waals surface area contributed by atoms with E-state index >= 15 is 0 Å². The molecular weight excluding hydrogens is 388 g/mol. The van der Waals surface area contributed by atoms with E-state index in [1.54, 1.807) is 56.2 Å². The lowest BCUT2D eigenvalue weighted by Crippen LogP contribution is -2.17. The zero-order valence-corrected chi connectivity index (χ0v) is 17.5. The van der Waals surface area contributed by atoms with Crippen molar-refractivity contribution >= 4 is 17.3 Å². The number of methoxy groups -OCH3 is 3. The van der Waals surface area contributed by atoms with Gasteiger partial charge in [0.25, 0.3) is 0 Å². The summed E-state index contributed by atoms with van der Waals surface area (Å²) in [5.41, 5.74) is 1.73. The second-order valence-corrected chi connectivity index (χ2v) is 6.95. The number of rotatable bonds is 4. The molecule has 0 aromatic carbocycles. The summed E-state index contributed by atoms with van der Waals surface area (Å²) in [6.45, 7) is 3.46. The van der Waals surface area contributed by atoms with Crippen LogP contribution in [-0.2, 0) is 10.3 Å². The Hall–Kier alpha value is -3.59. The fourth-order valence-electron chi connectivity index (χ4n) is 2.95. The third-order valence-electron chi connectivity index (χ3n) is 4.49. The number of pyridine rings is 2. The lowest BCUT2D eigenvalue weighted by molar-refractivity contribution is 0.0596. The van der Waals surface area contributed by atoms with Crippen LogP contribution in [0.3, 0.4) is 0 Å². The minimum absolute atomic E-state index is 0.380. The summed E-state index contributed by atoms with van der Waals surface area (Å²) in [5.74, 6) is 0.684. The third-order valence-corrected chi connectivity index (χ3v) is 4.49. The third kappa shape index (κ3) is 4.20. The predicted molar refractivity (Wildman–Crippen MR) is 110 cm³/mol. The van der Waals surface area contributed by atoms with Gasteiger partial charge < -0.3 is 28.1 Å². The van der Waals surface area contributed by atoms with Crippen LogP contribution in [0.1, 0.15) is 29.8 Å². The van der Waals surface area contributed by atoms with Gasteiger partial charge in [-0.2, -0.15) is 0 Å². The molecule has 9 nitrogen and oxygen atoms in total. The van der Waals surface area contributed by atoms with Crippen molar-refractivity contribution in [2.24, 2.45) is 0 Å². The lowest BCUT2D eigenvalue weighted by Gasteiger charge is -2.20. The Morgan fingerprint density at radius 1 is 0.933 bits per heavy atom. The average Bonchev–Trinajstić information content (AvgIpc) is 3.39. The number of fused-ring (bicyclic) bond motifs is 2. The number of esters is 1. The van der Waals surface area contributed by atoms with Gasteiger partial charge in [0, 0.05) is 54.9 Å². The highest BCUT2D eigenvalue weighted by atomic mass is 16.5. The second-order valence-electron chi connectivity index (χ2n) is 6.95. The Kier molecular flexibility index (Phi) is 5.93. The SMILES string of the molecule is COC(=O)c1cn2ccnc2cc1OC.COc1cc2nccn2cc1C(C)(C)O. The fourth-order valence-corrected chi connectivity index (χ4v) is 2.95. The molecule has 4 aromatic heterocycles. The molecule has 0 bridgehead atoms. The van der Waals surface area contributed by atoms with Gasteiger partial charge in [0.1, 0.15) is 28.4 Å². The number of aliphatic hydroxyl groups is 1. The summed E-state index contributed by atoms with van der Waals surface area (Å²) in [6.07, 6.45) is 10.4. The zero-order valence-electron chi connectivity index (χ0n) is 17.5. The largest absolute Gasteiger partial charge is 0.496 e. The first-order chi connectivity index (χ1) is 14.3. The molecule has 0 saturated heterocycles. The van der Waals surface area contributed by atoms with Gasteiger partial charge in [-0.15, -0.1) is 0 Å². The molecule has 0 radical (unpaired) electrons. The summed E-state index contributed by atoms with van der Waals surface area (Å²) < 4.78 is 18.6. The summed E-state index contributed by atoms with van der Waals surface area (Å²) in [7, 11) is 4.42. The van der Waals surface area contributed by atoms with Crippen LogP contribution in [0.15, 0.2) is 49.3 Å². The van der Waals surface area contributed by atoms with Gasteiger partial charge in [-0.1, -0.05) is 0 Å². The van der Waals surface area contributed by atoms with Crippen LogP contribution in [0.2, 0.25) is 0 Å². The molecule has 4 rings (SSSR count). The van der Waals surface area contributed by atoms with Crippen LogP contribution in [0, 0.1) is 0 Å². The van der Waals surface area contributed by atoms with E-state index in [0.717, 1.165) is 16.9 Å². The highest BCUT2D eigenvalue weighted by Crippen LogP contribution is 2.30. The highest BCUT2D eigenvalue weighted by Gasteiger charge is 2.22. The number of nitrogens with zero attached hydrogens (tertiary/aromatic N) is 4. The summed E-state index contributed by atoms with van der Waals surface area (Å²) in [4.78, 5) is 19.7. The molecule has 0 unspecified atom stereocenters. The van der Waals surface area contributed by atoms with Crippen molar-refractivity contribution in [3.63, 3.8) is 0 Å². The molecule has 30 heavy (non-hydrogen) atoms.